The Morgan fingerprint density at radius 2 is 1.52 bits per heavy atom. The number of benzene rings is 4. The molecule has 0 amide bonds. The van der Waals surface area contributed by atoms with E-state index in [4.69, 9.17) is 21.1 Å². The predicted molar refractivity (Wildman–Crippen MR) is 128 cm³/mol. The van der Waals surface area contributed by atoms with Crippen molar-refractivity contribution >= 4 is 22.4 Å². The van der Waals surface area contributed by atoms with Crippen LogP contribution in [0.15, 0.2) is 84.9 Å². The number of nitrogens with one attached hydrogen (secondary N) is 1. The molecule has 4 rings (SSSR count). The van der Waals surface area contributed by atoms with Crippen molar-refractivity contribution in [2.75, 3.05) is 13.7 Å². The first-order valence-electron chi connectivity index (χ1n) is 10.5. The number of hydrogen-bond acceptors (Lipinski definition) is 3. The largest absolute Gasteiger partial charge is 0.496 e. The molecule has 0 aromatic heterocycles. The van der Waals surface area contributed by atoms with Gasteiger partial charge in [0.1, 0.15) is 18.1 Å². The van der Waals surface area contributed by atoms with E-state index in [1.54, 1.807) is 7.11 Å². The highest BCUT2D eigenvalue weighted by Gasteiger charge is 2.10. The summed E-state index contributed by atoms with van der Waals surface area (Å²) in [4.78, 5) is 0. The number of methoxy groups -OCH3 is 1. The zero-order chi connectivity index (χ0) is 21.5. The Morgan fingerprint density at radius 3 is 2.35 bits per heavy atom. The van der Waals surface area contributed by atoms with Gasteiger partial charge in [-0.3, -0.25) is 0 Å². The van der Waals surface area contributed by atoms with Crippen molar-refractivity contribution in [3.05, 3.63) is 107 Å². The normalized spacial score (nSPS) is 10.9. The summed E-state index contributed by atoms with van der Waals surface area (Å²) in [6, 6.07) is 28.5. The van der Waals surface area contributed by atoms with Crippen LogP contribution in [-0.4, -0.2) is 13.7 Å². The Morgan fingerprint density at radius 1 is 0.774 bits per heavy atom. The van der Waals surface area contributed by atoms with Crippen LogP contribution in [0.4, 0.5) is 0 Å². The minimum absolute atomic E-state index is 0.437. The minimum atomic E-state index is 0.437. The highest BCUT2D eigenvalue weighted by molar-refractivity contribution is 6.31. The van der Waals surface area contributed by atoms with Crippen LogP contribution >= 0.6 is 11.6 Å². The number of hydrogen-bond donors (Lipinski definition) is 1. The van der Waals surface area contributed by atoms with Gasteiger partial charge in [-0.1, -0.05) is 78.3 Å². The summed E-state index contributed by atoms with van der Waals surface area (Å²) in [6.07, 6.45) is 0.893. The zero-order valence-electron chi connectivity index (χ0n) is 17.6. The minimum Gasteiger partial charge on any atom is -0.496 e. The molecule has 0 saturated carbocycles. The summed E-state index contributed by atoms with van der Waals surface area (Å²) >= 11 is 6.31. The second-order valence-corrected chi connectivity index (χ2v) is 7.79. The van der Waals surface area contributed by atoms with Crippen molar-refractivity contribution in [1.82, 2.24) is 5.32 Å². The van der Waals surface area contributed by atoms with Gasteiger partial charge in [0.05, 0.1) is 7.11 Å². The maximum Gasteiger partial charge on any atom is 0.124 e. The number of rotatable bonds is 9. The van der Waals surface area contributed by atoms with Crippen molar-refractivity contribution in [2.45, 2.75) is 19.6 Å². The molecule has 0 saturated heterocycles. The van der Waals surface area contributed by atoms with Gasteiger partial charge in [-0.15, -0.1) is 0 Å². The fourth-order valence-electron chi connectivity index (χ4n) is 3.75. The molecular formula is C27H26ClNO2. The standard InChI is InChI=1S/C27H26ClNO2/c1-30-26-13-7-4-9-21(26)16-17-29-18-24-23-11-5-2-8-20(23)14-15-27(24)31-19-22-10-3-6-12-25(22)28/h2-15,29H,16-19H2,1H3. The molecule has 4 heteroatoms. The van der Waals surface area contributed by atoms with Gasteiger partial charge >= 0.3 is 0 Å². The molecule has 0 heterocycles. The third-order valence-electron chi connectivity index (χ3n) is 5.40. The van der Waals surface area contributed by atoms with Crippen molar-refractivity contribution in [3.8, 4) is 11.5 Å². The van der Waals surface area contributed by atoms with Crippen molar-refractivity contribution in [3.63, 3.8) is 0 Å². The SMILES string of the molecule is COc1ccccc1CCNCc1c(OCc2ccccc2Cl)ccc2ccccc12. The van der Waals surface area contributed by atoms with Gasteiger partial charge in [0.25, 0.3) is 0 Å². The highest BCUT2D eigenvalue weighted by Crippen LogP contribution is 2.29. The van der Waals surface area contributed by atoms with Gasteiger partial charge in [0.15, 0.2) is 0 Å². The molecule has 0 fully saturated rings. The Bertz CT molecular complexity index is 1160. The lowest BCUT2D eigenvalue weighted by molar-refractivity contribution is 0.303. The zero-order valence-corrected chi connectivity index (χ0v) is 18.4. The summed E-state index contributed by atoms with van der Waals surface area (Å²) in [7, 11) is 1.71. The Labute approximate surface area is 188 Å². The van der Waals surface area contributed by atoms with Crippen molar-refractivity contribution < 1.29 is 9.47 Å². The van der Waals surface area contributed by atoms with E-state index in [1.165, 1.54) is 16.3 Å². The Kier molecular flexibility index (Phi) is 7.08. The summed E-state index contributed by atoms with van der Waals surface area (Å²) in [5.74, 6) is 1.81. The Hall–Kier alpha value is -3.01. The number of halogens is 1. The first-order chi connectivity index (χ1) is 15.3. The number of para-hydroxylation sites is 1. The van der Waals surface area contributed by atoms with E-state index in [2.05, 4.69) is 47.8 Å². The van der Waals surface area contributed by atoms with E-state index < -0.39 is 0 Å². The fraction of sp³-hybridized carbons (Fsp3) is 0.185. The molecule has 0 aliphatic rings. The molecule has 0 spiro atoms. The maximum absolute atomic E-state index is 6.31. The molecule has 3 nitrogen and oxygen atoms in total. The van der Waals surface area contributed by atoms with Gasteiger partial charge in [-0.05, 0) is 47.5 Å². The molecule has 0 bridgehead atoms. The van der Waals surface area contributed by atoms with Crippen molar-refractivity contribution in [2.24, 2.45) is 0 Å². The fourth-order valence-corrected chi connectivity index (χ4v) is 3.94. The number of ether oxygens (including phenoxy) is 2. The maximum atomic E-state index is 6.31. The van der Waals surface area contributed by atoms with Gasteiger partial charge in [-0.2, -0.15) is 0 Å². The molecule has 0 aliphatic carbocycles. The van der Waals surface area contributed by atoms with E-state index in [0.717, 1.165) is 40.6 Å². The van der Waals surface area contributed by atoms with Crippen LogP contribution in [0.2, 0.25) is 5.02 Å². The third kappa shape index (κ3) is 5.19. The van der Waals surface area contributed by atoms with Crippen LogP contribution in [0.3, 0.4) is 0 Å². The molecule has 0 unspecified atom stereocenters. The first-order valence-corrected chi connectivity index (χ1v) is 10.8. The second kappa shape index (κ2) is 10.3. The van der Waals surface area contributed by atoms with Crippen LogP contribution < -0.4 is 14.8 Å². The molecule has 0 aliphatic heterocycles. The van der Waals surface area contributed by atoms with Gasteiger partial charge in [-0.25, -0.2) is 0 Å². The molecule has 0 radical (unpaired) electrons. The molecule has 158 valence electrons. The lowest BCUT2D eigenvalue weighted by atomic mass is 10.0. The predicted octanol–water partition coefficient (Wildman–Crippen LogP) is 6.41. The lowest BCUT2D eigenvalue weighted by Gasteiger charge is -2.16. The number of fused-ring (bicyclic) bond motifs is 1. The van der Waals surface area contributed by atoms with Crippen LogP contribution in [0.25, 0.3) is 10.8 Å². The summed E-state index contributed by atoms with van der Waals surface area (Å²) in [5.41, 5.74) is 3.34. The van der Waals surface area contributed by atoms with Crippen LogP contribution in [-0.2, 0) is 19.6 Å². The quantitative estimate of drug-likeness (QED) is 0.310. The van der Waals surface area contributed by atoms with Gasteiger partial charge in [0, 0.05) is 22.7 Å². The van der Waals surface area contributed by atoms with E-state index in [9.17, 15) is 0 Å². The molecule has 31 heavy (non-hydrogen) atoms. The average molecular weight is 432 g/mol. The van der Waals surface area contributed by atoms with Crippen LogP contribution in [0.5, 0.6) is 11.5 Å². The lowest BCUT2D eigenvalue weighted by Crippen LogP contribution is -2.18. The molecule has 0 atom stereocenters. The average Bonchev–Trinajstić information content (AvgIpc) is 2.82. The van der Waals surface area contributed by atoms with E-state index in [1.807, 2.05) is 42.5 Å². The summed E-state index contributed by atoms with van der Waals surface area (Å²) in [6.45, 7) is 1.99. The van der Waals surface area contributed by atoms with Gasteiger partial charge in [0.2, 0.25) is 0 Å². The monoisotopic (exact) mass is 431 g/mol. The molecule has 4 aromatic carbocycles. The molecule has 1 N–H and O–H groups in total. The molecule has 4 aromatic rings. The highest BCUT2D eigenvalue weighted by atomic mass is 35.5. The smallest absolute Gasteiger partial charge is 0.124 e. The van der Waals surface area contributed by atoms with E-state index in [-0.39, 0.29) is 0 Å². The molecular weight excluding hydrogens is 406 g/mol. The second-order valence-electron chi connectivity index (χ2n) is 7.38. The van der Waals surface area contributed by atoms with Crippen LogP contribution in [0, 0.1) is 0 Å². The summed E-state index contributed by atoms with van der Waals surface area (Å²) < 4.78 is 11.7. The third-order valence-corrected chi connectivity index (χ3v) is 5.77. The van der Waals surface area contributed by atoms with E-state index >= 15 is 0 Å². The van der Waals surface area contributed by atoms with Crippen LogP contribution in [0.1, 0.15) is 16.7 Å². The first kappa shape index (κ1) is 21.2. The van der Waals surface area contributed by atoms with E-state index in [0.29, 0.717) is 13.2 Å². The van der Waals surface area contributed by atoms with Gasteiger partial charge < -0.3 is 14.8 Å². The summed E-state index contributed by atoms with van der Waals surface area (Å²) in [5, 5.41) is 6.70. The Balaban J connectivity index is 1.49. The van der Waals surface area contributed by atoms with Crippen molar-refractivity contribution in [1.29, 1.82) is 0 Å². The topological polar surface area (TPSA) is 30.5 Å².